The lowest BCUT2D eigenvalue weighted by molar-refractivity contribution is -0.136. The second-order valence-electron chi connectivity index (χ2n) is 7.58. The fraction of sp³-hybridized carbons (Fsp3) is 0.148. The summed E-state index contributed by atoms with van der Waals surface area (Å²) >= 11 is 0. The first kappa shape index (κ1) is 26.4. The van der Waals surface area contributed by atoms with Crippen molar-refractivity contribution in [3.63, 3.8) is 0 Å². The monoisotopic (exact) mass is 500 g/mol. The third-order valence-electron chi connectivity index (χ3n) is 4.91. The van der Waals surface area contributed by atoms with E-state index in [1.54, 1.807) is 13.0 Å². The van der Waals surface area contributed by atoms with Gasteiger partial charge in [0.15, 0.2) is 0 Å². The van der Waals surface area contributed by atoms with Gasteiger partial charge in [0.1, 0.15) is 23.2 Å². The molecular weight excluding hydrogens is 476 g/mol. The average Bonchev–Trinajstić information content (AvgIpc) is 3.37. The molecule has 0 aliphatic rings. The summed E-state index contributed by atoms with van der Waals surface area (Å²) in [5, 5.41) is 16.9. The number of carbonyl (C=O) groups is 4. The molecule has 1 heterocycles. The van der Waals surface area contributed by atoms with Gasteiger partial charge in [-0.05, 0) is 48.9 Å². The van der Waals surface area contributed by atoms with Crippen LogP contribution < -0.4 is 16.0 Å². The molecule has 37 heavy (non-hydrogen) atoms. The molecule has 0 unspecified atom stereocenters. The van der Waals surface area contributed by atoms with Crippen LogP contribution in [0.1, 0.15) is 34.4 Å². The van der Waals surface area contributed by atoms with Crippen LogP contribution in [0.4, 0.5) is 5.69 Å². The van der Waals surface area contributed by atoms with E-state index < -0.39 is 23.7 Å². The van der Waals surface area contributed by atoms with Crippen LogP contribution in [0.15, 0.2) is 76.7 Å². The van der Waals surface area contributed by atoms with E-state index in [1.807, 2.05) is 36.4 Å². The molecule has 0 fully saturated rings. The fourth-order valence-corrected chi connectivity index (χ4v) is 3.07. The number of anilines is 1. The normalized spacial score (nSPS) is 10.6. The van der Waals surface area contributed by atoms with Crippen molar-refractivity contribution in [1.82, 2.24) is 10.6 Å². The Labute approximate surface area is 212 Å². The molecule has 3 amide bonds. The number of carbonyl (C=O) groups excluding carboxylic acids is 4. The van der Waals surface area contributed by atoms with Crippen LogP contribution in [0, 0.1) is 11.3 Å². The number of benzene rings is 2. The summed E-state index contributed by atoms with van der Waals surface area (Å²) in [4.78, 5) is 48.3. The maximum absolute atomic E-state index is 12.3. The van der Waals surface area contributed by atoms with Gasteiger partial charge in [0, 0.05) is 18.3 Å². The third kappa shape index (κ3) is 7.93. The van der Waals surface area contributed by atoms with Crippen molar-refractivity contribution in [1.29, 1.82) is 5.26 Å². The van der Waals surface area contributed by atoms with Crippen LogP contribution in [-0.2, 0) is 32.2 Å². The van der Waals surface area contributed by atoms with E-state index in [2.05, 4.69) is 16.0 Å². The smallest absolute Gasteiger partial charge is 0.338 e. The summed E-state index contributed by atoms with van der Waals surface area (Å²) in [6.45, 7) is 2.12. The van der Waals surface area contributed by atoms with E-state index in [-0.39, 0.29) is 31.0 Å². The molecule has 0 saturated carbocycles. The van der Waals surface area contributed by atoms with Crippen molar-refractivity contribution < 1.29 is 28.3 Å². The zero-order valence-electron chi connectivity index (χ0n) is 19.9. The highest BCUT2D eigenvalue weighted by Crippen LogP contribution is 2.13. The molecule has 10 heteroatoms. The molecule has 0 bridgehead atoms. The number of ether oxygens (including phenoxy) is 1. The van der Waals surface area contributed by atoms with Gasteiger partial charge >= 0.3 is 17.8 Å². The van der Waals surface area contributed by atoms with Gasteiger partial charge in [-0.3, -0.25) is 14.4 Å². The minimum atomic E-state index is -0.905. The molecule has 3 rings (SSSR count). The molecule has 188 valence electrons. The van der Waals surface area contributed by atoms with Crippen molar-refractivity contribution in [2.45, 2.75) is 20.0 Å². The van der Waals surface area contributed by atoms with Crippen molar-refractivity contribution in [2.75, 3.05) is 11.9 Å². The number of hydrogen-bond donors (Lipinski definition) is 3. The van der Waals surface area contributed by atoms with Gasteiger partial charge in [-0.25, -0.2) is 4.79 Å². The molecule has 3 aromatic rings. The van der Waals surface area contributed by atoms with Gasteiger partial charge in [-0.15, -0.1) is 0 Å². The first-order chi connectivity index (χ1) is 17.9. The summed E-state index contributed by atoms with van der Waals surface area (Å²) < 4.78 is 10.4. The minimum absolute atomic E-state index is 0.0933. The van der Waals surface area contributed by atoms with Crippen LogP contribution in [0.3, 0.4) is 0 Å². The lowest BCUT2D eigenvalue weighted by atomic mass is 10.2. The molecule has 1 aromatic heterocycles. The van der Waals surface area contributed by atoms with E-state index in [1.165, 1.54) is 36.4 Å². The summed E-state index contributed by atoms with van der Waals surface area (Å²) in [6, 6.07) is 20.1. The van der Waals surface area contributed by atoms with E-state index in [9.17, 15) is 24.4 Å². The van der Waals surface area contributed by atoms with Gasteiger partial charge in [0.2, 0.25) is 0 Å². The van der Waals surface area contributed by atoms with Crippen LogP contribution in [0.2, 0.25) is 0 Å². The first-order valence-electron chi connectivity index (χ1n) is 11.3. The number of amides is 3. The number of nitrogens with zero attached hydrogens (tertiary/aromatic N) is 1. The lowest BCUT2D eigenvalue weighted by Crippen LogP contribution is -2.34. The Bertz CT molecular complexity index is 1340. The third-order valence-corrected chi connectivity index (χ3v) is 4.91. The molecule has 10 nitrogen and oxygen atoms in total. The SMILES string of the molecule is CCOC(=O)c1ccc(NC(=O)C(=O)NCc2ccc(/C=C(/C#N)C(=O)NCc3ccccc3)o2)cc1. The predicted molar refractivity (Wildman–Crippen MR) is 133 cm³/mol. The second kappa shape index (κ2) is 13.1. The van der Waals surface area contributed by atoms with Crippen LogP contribution in [0.25, 0.3) is 6.08 Å². The highest BCUT2D eigenvalue weighted by molar-refractivity contribution is 6.39. The molecule has 0 spiro atoms. The standard InChI is InChI=1S/C27H24N4O6/c1-2-36-27(35)19-8-10-21(11-9-19)31-26(34)25(33)30-17-23-13-12-22(37-23)14-20(15-28)24(32)29-16-18-6-4-3-5-7-18/h3-14H,2,16-17H2,1H3,(H,29,32)(H,30,33)(H,31,34)/b20-14-. The Kier molecular flexibility index (Phi) is 9.33. The quantitative estimate of drug-likeness (QED) is 0.177. The highest BCUT2D eigenvalue weighted by Gasteiger charge is 2.15. The zero-order chi connectivity index (χ0) is 26.6. The highest BCUT2D eigenvalue weighted by atomic mass is 16.5. The Hall–Kier alpha value is -5.17. The van der Waals surface area contributed by atoms with Crippen LogP contribution in [0.5, 0.6) is 0 Å². The maximum Gasteiger partial charge on any atom is 0.338 e. The van der Waals surface area contributed by atoms with Gasteiger partial charge < -0.3 is 25.1 Å². The van der Waals surface area contributed by atoms with Gasteiger partial charge in [0.25, 0.3) is 5.91 Å². The van der Waals surface area contributed by atoms with Crippen molar-refractivity contribution in [3.05, 3.63) is 95.0 Å². The fourth-order valence-electron chi connectivity index (χ4n) is 3.07. The summed E-state index contributed by atoms with van der Waals surface area (Å²) in [5.41, 5.74) is 1.39. The van der Waals surface area contributed by atoms with Crippen LogP contribution >= 0.6 is 0 Å². The average molecular weight is 501 g/mol. The van der Waals surface area contributed by atoms with E-state index in [0.717, 1.165) is 5.56 Å². The number of rotatable bonds is 9. The van der Waals surface area contributed by atoms with Crippen LogP contribution in [-0.4, -0.2) is 30.3 Å². The molecule has 3 N–H and O–H groups in total. The van der Waals surface area contributed by atoms with Crippen molar-refractivity contribution in [2.24, 2.45) is 0 Å². The molecule has 0 saturated heterocycles. The van der Waals surface area contributed by atoms with Gasteiger partial charge in [0.05, 0.1) is 18.7 Å². The summed E-state index contributed by atoms with van der Waals surface area (Å²) in [6.07, 6.45) is 1.29. The Balaban J connectivity index is 1.50. The number of nitrogens with one attached hydrogen (secondary N) is 3. The van der Waals surface area contributed by atoms with Gasteiger partial charge in [-0.2, -0.15) is 5.26 Å². The first-order valence-corrected chi connectivity index (χ1v) is 11.3. The molecule has 0 radical (unpaired) electrons. The number of esters is 1. The Morgan fingerprint density at radius 2 is 1.59 bits per heavy atom. The van der Waals surface area contributed by atoms with E-state index in [4.69, 9.17) is 9.15 Å². The maximum atomic E-state index is 12.3. The predicted octanol–water partition coefficient (Wildman–Crippen LogP) is 2.93. The van der Waals surface area contributed by atoms with E-state index >= 15 is 0 Å². The molecule has 0 aliphatic carbocycles. The Morgan fingerprint density at radius 1 is 0.892 bits per heavy atom. The van der Waals surface area contributed by atoms with Crippen molar-refractivity contribution in [3.8, 4) is 6.07 Å². The molecule has 2 aromatic carbocycles. The molecule has 0 aliphatic heterocycles. The summed E-state index contributed by atoms with van der Waals surface area (Å²) in [7, 11) is 0. The van der Waals surface area contributed by atoms with Gasteiger partial charge in [-0.1, -0.05) is 30.3 Å². The second-order valence-corrected chi connectivity index (χ2v) is 7.58. The van der Waals surface area contributed by atoms with Crippen molar-refractivity contribution >= 4 is 35.5 Å². The number of hydrogen-bond acceptors (Lipinski definition) is 7. The summed E-state index contributed by atoms with van der Waals surface area (Å²) in [5.74, 6) is -2.29. The molecule has 0 atom stereocenters. The Morgan fingerprint density at radius 3 is 2.27 bits per heavy atom. The largest absolute Gasteiger partial charge is 0.462 e. The topological polar surface area (TPSA) is 151 Å². The number of nitriles is 1. The zero-order valence-corrected chi connectivity index (χ0v) is 19.9. The molecular formula is C27H24N4O6. The lowest BCUT2D eigenvalue weighted by Gasteiger charge is -2.07. The number of furan rings is 1. The minimum Gasteiger partial charge on any atom is -0.462 e. The van der Waals surface area contributed by atoms with E-state index in [0.29, 0.717) is 17.0 Å².